The molecule has 3 nitrogen and oxygen atoms in total. The standard InChI is InChI=1S/C15H23N3/c1-4-18-14-8-6-5-7-13(14)17-15(18)9-10-16-11-12(2)3/h5-8,12,16H,4,9-11H2,1-3H3. The zero-order valence-corrected chi connectivity index (χ0v) is 11.6. The van der Waals surface area contributed by atoms with Gasteiger partial charge < -0.3 is 9.88 Å². The van der Waals surface area contributed by atoms with Gasteiger partial charge in [0.15, 0.2) is 0 Å². The van der Waals surface area contributed by atoms with Gasteiger partial charge in [0, 0.05) is 19.5 Å². The Morgan fingerprint density at radius 2 is 2.06 bits per heavy atom. The molecular weight excluding hydrogens is 222 g/mol. The lowest BCUT2D eigenvalue weighted by Gasteiger charge is -2.08. The summed E-state index contributed by atoms with van der Waals surface area (Å²) >= 11 is 0. The quantitative estimate of drug-likeness (QED) is 0.793. The summed E-state index contributed by atoms with van der Waals surface area (Å²) in [5.41, 5.74) is 2.36. The van der Waals surface area contributed by atoms with Crippen molar-refractivity contribution >= 4 is 11.0 Å². The Kier molecular flexibility index (Phi) is 4.37. The molecule has 1 N–H and O–H groups in total. The first-order valence-corrected chi connectivity index (χ1v) is 6.87. The Balaban J connectivity index is 2.08. The van der Waals surface area contributed by atoms with Crippen LogP contribution in [0.2, 0.25) is 0 Å². The first kappa shape index (κ1) is 13.1. The summed E-state index contributed by atoms with van der Waals surface area (Å²) in [4.78, 5) is 4.72. The number of fused-ring (bicyclic) bond motifs is 1. The average molecular weight is 245 g/mol. The average Bonchev–Trinajstić information content (AvgIpc) is 2.71. The summed E-state index contributed by atoms with van der Waals surface area (Å²) < 4.78 is 2.31. The number of para-hydroxylation sites is 2. The van der Waals surface area contributed by atoms with E-state index >= 15 is 0 Å². The minimum absolute atomic E-state index is 0.704. The highest BCUT2D eigenvalue weighted by atomic mass is 15.1. The fourth-order valence-electron chi connectivity index (χ4n) is 2.26. The topological polar surface area (TPSA) is 29.9 Å². The number of nitrogens with one attached hydrogen (secondary N) is 1. The van der Waals surface area contributed by atoms with Crippen LogP contribution in [0.3, 0.4) is 0 Å². The van der Waals surface area contributed by atoms with Crippen molar-refractivity contribution in [2.24, 2.45) is 5.92 Å². The van der Waals surface area contributed by atoms with Crippen LogP contribution >= 0.6 is 0 Å². The van der Waals surface area contributed by atoms with Crippen molar-refractivity contribution in [1.82, 2.24) is 14.9 Å². The number of hydrogen-bond donors (Lipinski definition) is 1. The maximum absolute atomic E-state index is 4.72. The molecule has 18 heavy (non-hydrogen) atoms. The number of aryl methyl sites for hydroxylation is 1. The molecule has 1 aromatic carbocycles. The van der Waals surface area contributed by atoms with Gasteiger partial charge in [-0.2, -0.15) is 0 Å². The Morgan fingerprint density at radius 3 is 2.78 bits per heavy atom. The van der Waals surface area contributed by atoms with Gasteiger partial charge in [-0.1, -0.05) is 26.0 Å². The van der Waals surface area contributed by atoms with Gasteiger partial charge in [0.2, 0.25) is 0 Å². The highest BCUT2D eigenvalue weighted by Gasteiger charge is 2.08. The largest absolute Gasteiger partial charge is 0.328 e. The van der Waals surface area contributed by atoms with Gasteiger partial charge in [-0.3, -0.25) is 0 Å². The molecule has 1 aromatic heterocycles. The van der Waals surface area contributed by atoms with Crippen molar-refractivity contribution in [1.29, 1.82) is 0 Å². The molecule has 3 heteroatoms. The lowest BCUT2D eigenvalue weighted by atomic mass is 10.2. The van der Waals surface area contributed by atoms with E-state index in [0.29, 0.717) is 5.92 Å². The smallest absolute Gasteiger partial charge is 0.111 e. The third-order valence-electron chi connectivity index (χ3n) is 3.13. The molecule has 0 unspecified atom stereocenters. The van der Waals surface area contributed by atoms with Crippen LogP contribution in [0, 0.1) is 5.92 Å². The Morgan fingerprint density at radius 1 is 1.28 bits per heavy atom. The molecule has 2 rings (SSSR count). The van der Waals surface area contributed by atoms with Crippen LogP contribution < -0.4 is 5.32 Å². The summed E-state index contributed by atoms with van der Waals surface area (Å²) in [6, 6.07) is 8.37. The predicted molar refractivity (Wildman–Crippen MR) is 76.8 cm³/mol. The van der Waals surface area contributed by atoms with Crippen LogP contribution in [-0.2, 0) is 13.0 Å². The third kappa shape index (κ3) is 2.91. The van der Waals surface area contributed by atoms with E-state index in [1.54, 1.807) is 0 Å². The second-order valence-corrected chi connectivity index (χ2v) is 5.11. The van der Waals surface area contributed by atoms with Crippen LogP contribution in [0.5, 0.6) is 0 Å². The molecule has 0 amide bonds. The van der Waals surface area contributed by atoms with Crippen LogP contribution in [-0.4, -0.2) is 22.6 Å². The van der Waals surface area contributed by atoms with Crippen LogP contribution in [0.15, 0.2) is 24.3 Å². The normalized spacial score (nSPS) is 11.6. The molecule has 0 aliphatic heterocycles. The van der Waals surface area contributed by atoms with E-state index in [9.17, 15) is 0 Å². The van der Waals surface area contributed by atoms with E-state index in [1.165, 1.54) is 11.3 Å². The van der Waals surface area contributed by atoms with E-state index < -0.39 is 0 Å². The number of imidazole rings is 1. The zero-order valence-electron chi connectivity index (χ0n) is 11.6. The van der Waals surface area contributed by atoms with Crippen molar-refractivity contribution in [2.45, 2.75) is 33.7 Å². The molecule has 1 heterocycles. The molecule has 0 atom stereocenters. The first-order chi connectivity index (χ1) is 8.72. The second-order valence-electron chi connectivity index (χ2n) is 5.11. The first-order valence-electron chi connectivity index (χ1n) is 6.87. The summed E-state index contributed by atoms with van der Waals surface area (Å²) in [6.45, 7) is 9.70. The zero-order chi connectivity index (χ0) is 13.0. The molecule has 0 fully saturated rings. The summed E-state index contributed by atoms with van der Waals surface area (Å²) in [6.07, 6.45) is 0.995. The highest BCUT2D eigenvalue weighted by molar-refractivity contribution is 5.75. The van der Waals surface area contributed by atoms with Gasteiger partial charge in [0.05, 0.1) is 11.0 Å². The number of nitrogens with zero attached hydrogens (tertiary/aromatic N) is 2. The van der Waals surface area contributed by atoms with Crippen molar-refractivity contribution in [2.75, 3.05) is 13.1 Å². The molecule has 0 bridgehead atoms. The van der Waals surface area contributed by atoms with Gasteiger partial charge >= 0.3 is 0 Å². The predicted octanol–water partition coefficient (Wildman–Crippen LogP) is 2.84. The van der Waals surface area contributed by atoms with E-state index in [4.69, 9.17) is 4.98 Å². The lowest BCUT2D eigenvalue weighted by Crippen LogP contribution is -2.23. The van der Waals surface area contributed by atoms with Gasteiger partial charge in [-0.25, -0.2) is 4.98 Å². The summed E-state index contributed by atoms with van der Waals surface area (Å²) in [5.74, 6) is 1.89. The molecule has 0 spiro atoms. The summed E-state index contributed by atoms with van der Waals surface area (Å²) in [5, 5.41) is 3.48. The second kappa shape index (κ2) is 6.01. The molecular formula is C15H23N3. The molecule has 0 radical (unpaired) electrons. The van der Waals surface area contributed by atoms with Crippen LogP contribution in [0.25, 0.3) is 11.0 Å². The van der Waals surface area contributed by atoms with Gasteiger partial charge in [0.1, 0.15) is 5.82 Å². The van der Waals surface area contributed by atoms with Crippen molar-refractivity contribution in [3.8, 4) is 0 Å². The van der Waals surface area contributed by atoms with E-state index in [-0.39, 0.29) is 0 Å². The number of rotatable bonds is 6. The van der Waals surface area contributed by atoms with Gasteiger partial charge in [-0.05, 0) is 31.5 Å². The number of aromatic nitrogens is 2. The van der Waals surface area contributed by atoms with Gasteiger partial charge in [0.25, 0.3) is 0 Å². The fourth-order valence-corrected chi connectivity index (χ4v) is 2.26. The van der Waals surface area contributed by atoms with Crippen molar-refractivity contribution in [3.05, 3.63) is 30.1 Å². The molecule has 0 aliphatic carbocycles. The van der Waals surface area contributed by atoms with Crippen molar-refractivity contribution in [3.63, 3.8) is 0 Å². The van der Waals surface area contributed by atoms with Crippen LogP contribution in [0.4, 0.5) is 0 Å². The Bertz CT molecular complexity index is 499. The minimum Gasteiger partial charge on any atom is -0.328 e. The Labute approximate surface area is 109 Å². The molecule has 98 valence electrons. The number of benzene rings is 1. The molecule has 0 saturated carbocycles. The lowest BCUT2D eigenvalue weighted by molar-refractivity contribution is 0.545. The number of hydrogen-bond acceptors (Lipinski definition) is 2. The summed E-state index contributed by atoms with van der Waals surface area (Å²) in [7, 11) is 0. The maximum Gasteiger partial charge on any atom is 0.111 e. The Hall–Kier alpha value is -1.35. The van der Waals surface area contributed by atoms with Gasteiger partial charge in [-0.15, -0.1) is 0 Å². The molecule has 0 aliphatic rings. The van der Waals surface area contributed by atoms with Crippen molar-refractivity contribution < 1.29 is 0 Å². The van der Waals surface area contributed by atoms with Crippen LogP contribution in [0.1, 0.15) is 26.6 Å². The maximum atomic E-state index is 4.72. The monoisotopic (exact) mass is 245 g/mol. The molecule has 0 saturated heterocycles. The van der Waals surface area contributed by atoms with E-state index in [0.717, 1.165) is 31.6 Å². The minimum atomic E-state index is 0.704. The van der Waals surface area contributed by atoms with E-state index in [1.807, 2.05) is 0 Å². The fraction of sp³-hybridized carbons (Fsp3) is 0.533. The molecule has 2 aromatic rings. The van der Waals surface area contributed by atoms with E-state index in [2.05, 4.69) is 54.9 Å². The third-order valence-corrected chi connectivity index (χ3v) is 3.13. The SMILES string of the molecule is CCn1c(CCNCC(C)C)nc2ccccc21. The highest BCUT2D eigenvalue weighted by Crippen LogP contribution is 2.15.